The Balaban J connectivity index is 3.13. The van der Waals surface area contributed by atoms with E-state index < -0.39 is 11.6 Å². The summed E-state index contributed by atoms with van der Waals surface area (Å²) in [5.74, 6) is -1.19. The van der Waals surface area contributed by atoms with Crippen LogP contribution in [-0.2, 0) is 6.42 Å². The maximum absolute atomic E-state index is 13.3. The lowest BCUT2D eigenvalue weighted by Gasteiger charge is -2.07. The Morgan fingerprint density at radius 1 is 1.38 bits per heavy atom. The van der Waals surface area contributed by atoms with Crippen molar-refractivity contribution in [1.82, 2.24) is 0 Å². The van der Waals surface area contributed by atoms with Gasteiger partial charge in [-0.2, -0.15) is 0 Å². The predicted molar refractivity (Wildman–Crippen MR) is 45.7 cm³/mol. The monoisotopic (exact) mass is 187 g/mol. The molecule has 0 saturated heterocycles. The molecule has 1 rings (SSSR count). The van der Waals surface area contributed by atoms with E-state index >= 15 is 0 Å². The molecule has 0 aliphatic rings. The summed E-state index contributed by atoms with van der Waals surface area (Å²) in [7, 11) is 1.34. The van der Waals surface area contributed by atoms with Gasteiger partial charge in [0.1, 0.15) is 5.82 Å². The van der Waals surface area contributed by atoms with Crippen LogP contribution < -0.4 is 10.5 Å². The van der Waals surface area contributed by atoms with Gasteiger partial charge in [-0.25, -0.2) is 8.78 Å². The fraction of sp³-hybridized carbons (Fsp3) is 0.333. The quantitative estimate of drug-likeness (QED) is 0.777. The minimum absolute atomic E-state index is 0.0122. The topological polar surface area (TPSA) is 35.2 Å². The van der Waals surface area contributed by atoms with E-state index in [2.05, 4.69) is 0 Å². The number of rotatable bonds is 3. The van der Waals surface area contributed by atoms with Crippen molar-refractivity contribution in [2.24, 2.45) is 5.73 Å². The molecule has 2 N–H and O–H groups in total. The van der Waals surface area contributed by atoms with Crippen LogP contribution in [0.15, 0.2) is 12.1 Å². The first-order valence-corrected chi connectivity index (χ1v) is 3.91. The highest BCUT2D eigenvalue weighted by atomic mass is 19.1. The van der Waals surface area contributed by atoms with Gasteiger partial charge in [0, 0.05) is 5.56 Å². The highest BCUT2D eigenvalue weighted by molar-refractivity contribution is 5.32. The van der Waals surface area contributed by atoms with Gasteiger partial charge in [-0.05, 0) is 25.1 Å². The highest BCUT2D eigenvalue weighted by Crippen LogP contribution is 2.22. The largest absolute Gasteiger partial charge is 0.494 e. The number of nitrogens with two attached hydrogens (primary N) is 1. The Morgan fingerprint density at radius 2 is 2.08 bits per heavy atom. The smallest absolute Gasteiger partial charge is 0.171 e. The van der Waals surface area contributed by atoms with Gasteiger partial charge in [0.25, 0.3) is 0 Å². The summed E-state index contributed by atoms with van der Waals surface area (Å²) in [6, 6.07) is 2.43. The Kier molecular flexibility index (Phi) is 3.19. The second-order valence-electron chi connectivity index (χ2n) is 2.58. The van der Waals surface area contributed by atoms with Gasteiger partial charge in [-0.3, -0.25) is 0 Å². The summed E-state index contributed by atoms with van der Waals surface area (Å²) in [6.45, 7) is 0.209. The SMILES string of the molecule is COc1ccc(F)c(CCN)c1F. The molecule has 13 heavy (non-hydrogen) atoms. The molecule has 1 aromatic rings. The molecular weight excluding hydrogens is 176 g/mol. The molecule has 0 amide bonds. The molecular formula is C9H11F2NO. The number of hydrogen-bond acceptors (Lipinski definition) is 2. The third-order valence-corrected chi connectivity index (χ3v) is 1.76. The Morgan fingerprint density at radius 3 is 2.62 bits per heavy atom. The van der Waals surface area contributed by atoms with Gasteiger partial charge >= 0.3 is 0 Å². The molecule has 0 atom stereocenters. The average Bonchev–Trinajstić information content (AvgIpc) is 2.12. The van der Waals surface area contributed by atoms with Crippen molar-refractivity contribution >= 4 is 0 Å². The maximum atomic E-state index is 13.3. The van der Waals surface area contributed by atoms with Crippen molar-refractivity contribution in [3.63, 3.8) is 0 Å². The molecule has 0 unspecified atom stereocenters. The molecule has 0 aliphatic carbocycles. The van der Waals surface area contributed by atoms with Crippen LogP contribution in [0.2, 0.25) is 0 Å². The zero-order valence-electron chi connectivity index (χ0n) is 7.31. The molecule has 0 radical (unpaired) electrons. The summed E-state index contributed by atoms with van der Waals surface area (Å²) in [5.41, 5.74) is 5.20. The number of methoxy groups -OCH3 is 1. The number of benzene rings is 1. The van der Waals surface area contributed by atoms with Crippen molar-refractivity contribution in [3.05, 3.63) is 29.3 Å². The molecule has 0 spiro atoms. The second-order valence-corrected chi connectivity index (χ2v) is 2.58. The van der Waals surface area contributed by atoms with Crippen molar-refractivity contribution in [3.8, 4) is 5.75 Å². The molecule has 1 aromatic carbocycles. The van der Waals surface area contributed by atoms with Crippen LogP contribution in [0.25, 0.3) is 0 Å². The van der Waals surface area contributed by atoms with Crippen molar-refractivity contribution < 1.29 is 13.5 Å². The van der Waals surface area contributed by atoms with E-state index in [1.807, 2.05) is 0 Å². The van der Waals surface area contributed by atoms with E-state index in [1.54, 1.807) is 0 Å². The lowest BCUT2D eigenvalue weighted by Crippen LogP contribution is -2.07. The fourth-order valence-electron chi connectivity index (χ4n) is 1.11. The van der Waals surface area contributed by atoms with Crippen LogP contribution in [0, 0.1) is 11.6 Å². The molecule has 0 fully saturated rings. The average molecular weight is 187 g/mol. The normalized spacial score (nSPS) is 10.2. The van der Waals surface area contributed by atoms with Crippen LogP contribution in [0.3, 0.4) is 0 Å². The van der Waals surface area contributed by atoms with Gasteiger partial charge in [-0.1, -0.05) is 0 Å². The van der Waals surface area contributed by atoms with Gasteiger partial charge in [0.05, 0.1) is 7.11 Å². The summed E-state index contributed by atoms with van der Waals surface area (Å²) in [4.78, 5) is 0. The Hall–Kier alpha value is -1.16. The molecule has 2 nitrogen and oxygen atoms in total. The third-order valence-electron chi connectivity index (χ3n) is 1.76. The van der Waals surface area contributed by atoms with E-state index in [4.69, 9.17) is 10.5 Å². The van der Waals surface area contributed by atoms with E-state index in [1.165, 1.54) is 19.2 Å². The van der Waals surface area contributed by atoms with Crippen molar-refractivity contribution in [2.75, 3.05) is 13.7 Å². The second kappa shape index (κ2) is 4.18. The number of halogens is 2. The summed E-state index contributed by atoms with van der Waals surface area (Å²) >= 11 is 0. The zero-order chi connectivity index (χ0) is 9.84. The van der Waals surface area contributed by atoms with E-state index in [9.17, 15) is 8.78 Å². The summed E-state index contributed by atoms with van der Waals surface area (Å²) < 4.78 is 31.0. The summed E-state index contributed by atoms with van der Waals surface area (Å²) in [5, 5.41) is 0. The summed E-state index contributed by atoms with van der Waals surface area (Å²) in [6.07, 6.45) is 0.175. The van der Waals surface area contributed by atoms with E-state index in [-0.39, 0.29) is 24.3 Å². The predicted octanol–water partition coefficient (Wildman–Crippen LogP) is 1.47. The maximum Gasteiger partial charge on any atom is 0.171 e. The van der Waals surface area contributed by atoms with Crippen molar-refractivity contribution in [2.45, 2.75) is 6.42 Å². The van der Waals surface area contributed by atoms with Crippen LogP contribution in [0.5, 0.6) is 5.75 Å². The van der Waals surface area contributed by atoms with Crippen LogP contribution in [0.4, 0.5) is 8.78 Å². The van der Waals surface area contributed by atoms with E-state index in [0.29, 0.717) is 0 Å². The first kappa shape index (κ1) is 9.92. The third kappa shape index (κ3) is 1.95. The number of hydrogen-bond donors (Lipinski definition) is 1. The molecule has 0 saturated carbocycles. The lowest BCUT2D eigenvalue weighted by atomic mass is 10.1. The standard InChI is InChI=1S/C9H11F2NO/c1-13-8-3-2-7(10)6(4-5-12)9(8)11/h2-3H,4-5,12H2,1H3. The van der Waals surface area contributed by atoms with E-state index in [0.717, 1.165) is 0 Å². The molecule has 72 valence electrons. The lowest BCUT2D eigenvalue weighted by molar-refractivity contribution is 0.380. The van der Waals surface area contributed by atoms with Crippen LogP contribution in [0.1, 0.15) is 5.56 Å². The van der Waals surface area contributed by atoms with Gasteiger partial charge in [0.15, 0.2) is 11.6 Å². The molecule has 0 bridgehead atoms. The van der Waals surface area contributed by atoms with Gasteiger partial charge in [0.2, 0.25) is 0 Å². The minimum atomic E-state index is -0.659. The Bertz CT molecular complexity index is 302. The molecule has 0 aliphatic heterocycles. The molecule has 0 aromatic heterocycles. The van der Waals surface area contributed by atoms with Gasteiger partial charge < -0.3 is 10.5 Å². The first-order valence-electron chi connectivity index (χ1n) is 3.91. The zero-order valence-corrected chi connectivity index (χ0v) is 7.31. The fourth-order valence-corrected chi connectivity index (χ4v) is 1.11. The molecule has 0 heterocycles. The minimum Gasteiger partial charge on any atom is -0.494 e. The highest BCUT2D eigenvalue weighted by Gasteiger charge is 2.12. The number of ether oxygens (including phenoxy) is 1. The molecule has 4 heteroatoms. The Labute approximate surface area is 75.3 Å². The van der Waals surface area contributed by atoms with Crippen molar-refractivity contribution in [1.29, 1.82) is 0 Å². The van der Waals surface area contributed by atoms with Crippen LogP contribution >= 0.6 is 0 Å². The van der Waals surface area contributed by atoms with Gasteiger partial charge in [-0.15, -0.1) is 0 Å². The van der Waals surface area contributed by atoms with Crippen LogP contribution in [-0.4, -0.2) is 13.7 Å². The first-order chi connectivity index (χ1) is 6.20.